The second kappa shape index (κ2) is 13.8. The van der Waals surface area contributed by atoms with Crippen molar-refractivity contribution in [1.82, 2.24) is 10.6 Å². The lowest BCUT2D eigenvalue weighted by Crippen LogP contribution is -2.48. The largest absolute Gasteiger partial charge is 0.444 e. The van der Waals surface area contributed by atoms with Gasteiger partial charge in [0.15, 0.2) is 0 Å². The average molecular weight is 567 g/mol. The van der Waals surface area contributed by atoms with Crippen LogP contribution in [-0.2, 0) is 36.4 Å². The first-order valence-electron chi connectivity index (χ1n) is 11.8. The van der Waals surface area contributed by atoms with Crippen molar-refractivity contribution in [3.8, 4) is 0 Å². The highest BCUT2D eigenvalue weighted by molar-refractivity contribution is 7.53. The van der Waals surface area contributed by atoms with Gasteiger partial charge in [-0.25, -0.2) is 4.79 Å². The minimum atomic E-state index is -4.03. The van der Waals surface area contributed by atoms with Crippen LogP contribution >= 0.6 is 7.60 Å². The van der Waals surface area contributed by atoms with Crippen LogP contribution in [0.5, 0.6) is 0 Å². The maximum atomic E-state index is 13.5. The average Bonchev–Trinajstić information content (AvgIpc) is 2.87. The van der Waals surface area contributed by atoms with E-state index in [1.165, 1.54) is 48.5 Å². The third-order valence-electron chi connectivity index (χ3n) is 5.01. The zero-order valence-electron chi connectivity index (χ0n) is 21.9. The molecule has 14 nitrogen and oxygen atoms in total. The van der Waals surface area contributed by atoms with Gasteiger partial charge >= 0.3 is 13.7 Å². The number of carbonyl (C=O) groups is 2. The molecule has 15 heteroatoms. The van der Waals surface area contributed by atoms with Gasteiger partial charge in [0.05, 0.1) is 23.1 Å². The number of nitro benzene ring substituents is 2. The van der Waals surface area contributed by atoms with Gasteiger partial charge in [-0.05, 0) is 62.6 Å². The Labute approximate surface area is 224 Å². The van der Waals surface area contributed by atoms with Crippen molar-refractivity contribution in [2.75, 3.05) is 6.29 Å². The first-order valence-corrected chi connectivity index (χ1v) is 13.6. The highest BCUT2D eigenvalue weighted by atomic mass is 31.2. The fourth-order valence-electron chi connectivity index (χ4n) is 3.00. The SMILES string of the molecule is CC[C@H](NC(=O)OC(C)(C)C)C(=O)NCP(=O)(OCc1ccc([N+](=O)[O-])cc1)OCc1ccc([N+](=O)[O-])cc1. The van der Waals surface area contributed by atoms with Crippen molar-refractivity contribution < 1.29 is 37.8 Å². The summed E-state index contributed by atoms with van der Waals surface area (Å²) in [4.78, 5) is 45.4. The number of rotatable bonds is 13. The van der Waals surface area contributed by atoms with Crippen LogP contribution in [0.4, 0.5) is 16.2 Å². The molecule has 212 valence electrons. The van der Waals surface area contributed by atoms with E-state index in [1.54, 1.807) is 27.7 Å². The highest BCUT2D eigenvalue weighted by Crippen LogP contribution is 2.48. The molecule has 0 bridgehead atoms. The standard InChI is InChI=1S/C24H31N4O10P/c1-5-21(26-23(30)38-24(2,3)4)22(29)25-16-39(35,36-14-17-6-10-19(11-7-17)27(31)32)37-15-18-8-12-20(13-9-18)28(33)34/h6-13,21H,5,14-16H2,1-4H3,(H,25,29)(H,26,30)/t21-/m0/s1. The Balaban J connectivity index is 2.11. The molecule has 2 amide bonds. The van der Waals surface area contributed by atoms with E-state index >= 15 is 0 Å². The number of alkyl carbamates (subject to hydrolysis) is 1. The van der Waals surface area contributed by atoms with E-state index < -0.39 is 47.4 Å². The summed E-state index contributed by atoms with van der Waals surface area (Å²) >= 11 is 0. The van der Waals surface area contributed by atoms with Crippen molar-refractivity contribution in [2.24, 2.45) is 0 Å². The molecule has 0 radical (unpaired) electrons. The third kappa shape index (κ3) is 10.8. The Bertz CT molecular complexity index is 1150. The van der Waals surface area contributed by atoms with Crippen LogP contribution in [0.25, 0.3) is 0 Å². The van der Waals surface area contributed by atoms with E-state index in [-0.39, 0.29) is 31.0 Å². The fourth-order valence-corrected chi connectivity index (χ4v) is 4.30. The molecule has 0 aliphatic carbocycles. The van der Waals surface area contributed by atoms with Crippen LogP contribution in [0.2, 0.25) is 0 Å². The molecule has 2 rings (SSSR count). The van der Waals surface area contributed by atoms with E-state index in [0.717, 1.165) is 0 Å². The first kappa shape index (κ1) is 31.3. The molecule has 0 fully saturated rings. The smallest absolute Gasteiger partial charge is 0.408 e. The summed E-state index contributed by atoms with van der Waals surface area (Å²) in [6.45, 7) is 6.19. The molecule has 0 unspecified atom stereocenters. The summed E-state index contributed by atoms with van der Waals surface area (Å²) in [5.41, 5.74) is -0.113. The lowest BCUT2D eigenvalue weighted by atomic mass is 10.2. The minimum Gasteiger partial charge on any atom is -0.444 e. The maximum Gasteiger partial charge on any atom is 0.408 e. The molecular formula is C24H31N4O10P. The van der Waals surface area contributed by atoms with Crippen LogP contribution < -0.4 is 10.6 Å². The number of benzene rings is 2. The molecule has 2 N–H and O–H groups in total. The van der Waals surface area contributed by atoms with Gasteiger partial charge in [0.2, 0.25) is 5.91 Å². The van der Waals surface area contributed by atoms with E-state index in [4.69, 9.17) is 13.8 Å². The van der Waals surface area contributed by atoms with Crippen molar-refractivity contribution in [2.45, 2.75) is 59.0 Å². The van der Waals surface area contributed by atoms with E-state index in [1.807, 2.05) is 0 Å². The van der Waals surface area contributed by atoms with Gasteiger partial charge in [0.25, 0.3) is 11.4 Å². The molecule has 0 saturated carbocycles. The zero-order valence-corrected chi connectivity index (χ0v) is 22.8. The molecule has 0 saturated heterocycles. The van der Waals surface area contributed by atoms with E-state index in [9.17, 15) is 34.4 Å². The lowest BCUT2D eigenvalue weighted by Gasteiger charge is -2.24. The van der Waals surface area contributed by atoms with Crippen LogP contribution in [0.1, 0.15) is 45.2 Å². The van der Waals surface area contributed by atoms with Gasteiger partial charge in [-0.2, -0.15) is 0 Å². The summed E-state index contributed by atoms with van der Waals surface area (Å²) in [6.07, 6.45) is -1.14. The third-order valence-corrected chi connectivity index (χ3v) is 6.60. The quantitative estimate of drug-likeness (QED) is 0.193. The second-order valence-corrected chi connectivity index (χ2v) is 11.4. The Morgan fingerprint density at radius 1 is 0.897 bits per heavy atom. The predicted octanol–water partition coefficient (Wildman–Crippen LogP) is 4.81. The monoisotopic (exact) mass is 566 g/mol. The summed E-state index contributed by atoms with van der Waals surface area (Å²) in [5, 5.41) is 26.7. The van der Waals surface area contributed by atoms with Crippen molar-refractivity contribution in [3.63, 3.8) is 0 Å². The van der Waals surface area contributed by atoms with Crippen LogP contribution in [0.3, 0.4) is 0 Å². The number of ether oxygens (including phenoxy) is 1. The Morgan fingerprint density at radius 3 is 1.69 bits per heavy atom. The summed E-state index contributed by atoms with van der Waals surface area (Å²) in [5.74, 6) is -0.651. The number of hydrogen-bond acceptors (Lipinski definition) is 10. The molecule has 0 aliphatic rings. The Kier molecular flexibility index (Phi) is 11.1. The fraction of sp³-hybridized carbons (Fsp3) is 0.417. The molecule has 1 atom stereocenters. The van der Waals surface area contributed by atoms with Crippen LogP contribution in [0, 0.1) is 20.2 Å². The molecule has 0 heterocycles. The molecule has 2 aromatic carbocycles. The molecule has 2 aromatic rings. The first-order chi connectivity index (χ1) is 18.2. The summed E-state index contributed by atoms with van der Waals surface area (Å²) in [7, 11) is -4.03. The highest BCUT2D eigenvalue weighted by Gasteiger charge is 2.29. The maximum absolute atomic E-state index is 13.5. The number of carbonyl (C=O) groups excluding carboxylic acids is 2. The van der Waals surface area contributed by atoms with E-state index in [2.05, 4.69) is 10.6 Å². The number of nitrogens with zero attached hydrogens (tertiary/aromatic N) is 2. The summed E-state index contributed by atoms with van der Waals surface area (Å²) < 4.78 is 29.8. The molecule has 39 heavy (non-hydrogen) atoms. The van der Waals surface area contributed by atoms with Gasteiger partial charge in [-0.3, -0.25) is 29.6 Å². The predicted molar refractivity (Wildman–Crippen MR) is 140 cm³/mol. The van der Waals surface area contributed by atoms with Crippen molar-refractivity contribution >= 4 is 31.0 Å². The second-order valence-electron chi connectivity index (χ2n) is 9.31. The molecule has 0 spiro atoms. The Hall–Kier alpha value is -3.87. The zero-order chi connectivity index (χ0) is 29.2. The van der Waals surface area contributed by atoms with Crippen LogP contribution in [-0.4, -0.2) is 39.8 Å². The molecule has 0 aliphatic heterocycles. The molecule has 0 aromatic heterocycles. The van der Waals surface area contributed by atoms with Gasteiger partial charge < -0.3 is 24.4 Å². The van der Waals surface area contributed by atoms with Crippen molar-refractivity contribution in [1.29, 1.82) is 0 Å². The number of amides is 2. The Morgan fingerprint density at radius 2 is 1.33 bits per heavy atom. The van der Waals surface area contributed by atoms with Gasteiger partial charge in [0, 0.05) is 24.3 Å². The topological polar surface area (TPSA) is 189 Å². The minimum absolute atomic E-state index is 0.133. The van der Waals surface area contributed by atoms with Gasteiger partial charge in [0.1, 0.15) is 17.9 Å². The number of non-ortho nitro benzene ring substituents is 2. The summed E-state index contributed by atoms with van der Waals surface area (Å²) in [6, 6.07) is 9.76. The van der Waals surface area contributed by atoms with Crippen LogP contribution in [0.15, 0.2) is 48.5 Å². The van der Waals surface area contributed by atoms with E-state index in [0.29, 0.717) is 11.1 Å². The molecular weight excluding hydrogens is 535 g/mol. The lowest BCUT2D eigenvalue weighted by molar-refractivity contribution is -0.385. The number of nitrogens with one attached hydrogen (secondary N) is 2. The number of nitro groups is 2. The van der Waals surface area contributed by atoms with Crippen molar-refractivity contribution in [3.05, 3.63) is 79.9 Å². The normalized spacial score (nSPS) is 12.3. The van der Waals surface area contributed by atoms with Gasteiger partial charge in [-0.1, -0.05) is 6.92 Å². The number of hydrogen-bond donors (Lipinski definition) is 2. The van der Waals surface area contributed by atoms with Gasteiger partial charge in [-0.15, -0.1) is 0 Å².